The second kappa shape index (κ2) is 6.70. The van der Waals surface area contributed by atoms with Crippen molar-refractivity contribution in [2.24, 2.45) is 0 Å². The SMILES string of the molecule is Cc1nc(CNCC(=O)NC2CCCCC2)oc1C. The summed E-state index contributed by atoms with van der Waals surface area (Å²) >= 11 is 0. The van der Waals surface area contributed by atoms with Crippen LogP contribution >= 0.6 is 0 Å². The average molecular weight is 265 g/mol. The van der Waals surface area contributed by atoms with Gasteiger partial charge in [0.15, 0.2) is 0 Å². The van der Waals surface area contributed by atoms with Crippen molar-refractivity contribution in [3.8, 4) is 0 Å². The maximum atomic E-state index is 11.7. The van der Waals surface area contributed by atoms with E-state index >= 15 is 0 Å². The smallest absolute Gasteiger partial charge is 0.234 e. The zero-order valence-corrected chi connectivity index (χ0v) is 11.8. The molecular weight excluding hydrogens is 242 g/mol. The van der Waals surface area contributed by atoms with Crippen LogP contribution in [0.3, 0.4) is 0 Å². The van der Waals surface area contributed by atoms with Gasteiger partial charge in [0.25, 0.3) is 0 Å². The van der Waals surface area contributed by atoms with E-state index in [1.165, 1.54) is 19.3 Å². The molecule has 0 saturated heterocycles. The summed E-state index contributed by atoms with van der Waals surface area (Å²) in [4.78, 5) is 16.0. The van der Waals surface area contributed by atoms with Crippen LogP contribution in [0.15, 0.2) is 4.42 Å². The molecule has 1 aliphatic rings. The second-order valence-corrected chi connectivity index (χ2v) is 5.26. The summed E-state index contributed by atoms with van der Waals surface area (Å²) < 4.78 is 5.44. The molecule has 1 aliphatic carbocycles. The molecular formula is C14H23N3O2. The van der Waals surface area contributed by atoms with Gasteiger partial charge in [0.05, 0.1) is 18.8 Å². The number of rotatable bonds is 5. The van der Waals surface area contributed by atoms with Crippen molar-refractivity contribution in [3.63, 3.8) is 0 Å². The zero-order valence-electron chi connectivity index (χ0n) is 11.8. The Bertz CT molecular complexity index is 403. The highest BCUT2D eigenvalue weighted by molar-refractivity contribution is 5.78. The number of carbonyl (C=O) groups excluding carboxylic acids is 1. The van der Waals surface area contributed by atoms with Gasteiger partial charge in [0.1, 0.15) is 5.76 Å². The Kier molecular flexibility index (Phi) is 4.96. The van der Waals surface area contributed by atoms with Gasteiger partial charge in [-0.05, 0) is 26.7 Å². The highest BCUT2D eigenvalue weighted by Crippen LogP contribution is 2.17. The maximum Gasteiger partial charge on any atom is 0.234 e. The molecule has 1 amide bonds. The molecule has 0 aromatic carbocycles. The molecule has 0 aliphatic heterocycles. The number of hydrogen-bond donors (Lipinski definition) is 2. The fourth-order valence-corrected chi connectivity index (χ4v) is 2.42. The summed E-state index contributed by atoms with van der Waals surface area (Å²) in [5.41, 5.74) is 0.906. The predicted octanol–water partition coefficient (Wildman–Crippen LogP) is 1.83. The van der Waals surface area contributed by atoms with E-state index < -0.39 is 0 Å². The Morgan fingerprint density at radius 2 is 2.05 bits per heavy atom. The highest BCUT2D eigenvalue weighted by Gasteiger charge is 2.15. The number of amides is 1. The Morgan fingerprint density at radius 3 is 2.68 bits per heavy atom. The van der Waals surface area contributed by atoms with Crippen molar-refractivity contribution in [2.75, 3.05) is 6.54 Å². The van der Waals surface area contributed by atoms with Crippen molar-refractivity contribution >= 4 is 5.91 Å². The highest BCUT2D eigenvalue weighted by atomic mass is 16.4. The third kappa shape index (κ3) is 4.35. The minimum Gasteiger partial charge on any atom is -0.444 e. The summed E-state index contributed by atoms with van der Waals surface area (Å²) in [7, 11) is 0. The molecule has 5 heteroatoms. The fourth-order valence-electron chi connectivity index (χ4n) is 2.42. The van der Waals surface area contributed by atoms with E-state index in [9.17, 15) is 4.79 Å². The standard InChI is InChI=1S/C14H23N3O2/c1-10-11(2)19-14(16-10)9-15-8-13(18)17-12-6-4-3-5-7-12/h12,15H,3-9H2,1-2H3,(H,17,18). The van der Waals surface area contributed by atoms with Crippen LogP contribution in [0, 0.1) is 13.8 Å². The van der Waals surface area contributed by atoms with Crippen LogP contribution < -0.4 is 10.6 Å². The van der Waals surface area contributed by atoms with Crippen LogP contribution in [0.5, 0.6) is 0 Å². The fraction of sp³-hybridized carbons (Fsp3) is 0.714. The molecule has 1 aromatic rings. The Morgan fingerprint density at radius 1 is 1.32 bits per heavy atom. The van der Waals surface area contributed by atoms with Gasteiger partial charge in [-0.25, -0.2) is 4.98 Å². The van der Waals surface area contributed by atoms with Crippen LogP contribution in [0.2, 0.25) is 0 Å². The van der Waals surface area contributed by atoms with Crippen molar-refractivity contribution < 1.29 is 9.21 Å². The normalized spacial score (nSPS) is 16.5. The van der Waals surface area contributed by atoms with E-state index in [2.05, 4.69) is 15.6 Å². The molecule has 1 aromatic heterocycles. The van der Waals surface area contributed by atoms with Crippen molar-refractivity contribution in [3.05, 3.63) is 17.3 Å². The van der Waals surface area contributed by atoms with Crippen LogP contribution in [0.1, 0.15) is 49.4 Å². The van der Waals surface area contributed by atoms with Gasteiger partial charge in [0.2, 0.25) is 11.8 Å². The lowest BCUT2D eigenvalue weighted by Crippen LogP contribution is -2.41. The van der Waals surface area contributed by atoms with Gasteiger partial charge in [0, 0.05) is 6.04 Å². The second-order valence-electron chi connectivity index (χ2n) is 5.26. The van der Waals surface area contributed by atoms with Crippen LogP contribution in [-0.4, -0.2) is 23.5 Å². The molecule has 0 atom stereocenters. The lowest BCUT2D eigenvalue weighted by Gasteiger charge is -2.22. The van der Waals surface area contributed by atoms with Gasteiger partial charge in [-0.2, -0.15) is 0 Å². The molecule has 0 bridgehead atoms. The van der Waals surface area contributed by atoms with E-state index in [0.29, 0.717) is 25.0 Å². The van der Waals surface area contributed by atoms with E-state index in [-0.39, 0.29) is 5.91 Å². The van der Waals surface area contributed by atoms with Gasteiger partial charge in [-0.1, -0.05) is 19.3 Å². The Hall–Kier alpha value is -1.36. The number of aromatic nitrogens is 1. The lowest BCUT2D eigenvalue weighted by atomic mass is 9.95. The number of hydrogen-bond acceptors (Lipinski definition) is 4. The molecule has 0 radical (unpaired) electrons. The average Bonchev–Trinajstić information content (AvgIpc) is 2.70. The quantitative estimate of drug-likeness (QED) is 0.852. The summed E-state index contributed by atoms with van der Waals surface area (Å²) in [6.07, 6.45) is 5.99. The third-order valence-electron chi connectivity index (χ3n) is 3.60. The number of nitrogens with zero attached hydrogens (tertiary/aromatic N) is 1. The first-order valence-corrected chi connectivity index (χ1v) is 7.08. The molecule has 5 nitrogen and oxygen atoms in total. The summed E-state index contributed by atoms with van der Waals surface area (Å²) in [6, 6.07) is 0.370. The third-order valence-corrected chi connectivity index (χ3v) is 3.60. The Labute approximate surface area is 114 Å². The molecule has 2 N–H and O–H groups in total. The molecule has 106 valence electrons. The number of nitrogens with one attached hydrogen (secondary N) is 2. The number of oxazole rings is 1. The van der Waals surface area contributed by atoms with Gasteiger partial charge in [-0.15, -0.1) is 0 Å². The van der Waals surface area contributed by atoms with Crippen LogP contribution in [0.25, 0.3) is 0 Å². The first-order valence-electron chi connectivity index (χ1n) is 7.08. The van der Waals surface area contributed by atoms with Crippen LogP contribution in [0.4, 0.5) is 0 Å². The van der Waals surface area contributed by atoms with E-state index in [1.54, 1.807) is 0 Å². The minimum absolute atomic E-state index is 0.0619. The molecule has 0 unspecified atom stereocenters. The largest absolute Gasteiger partial charge is 0.444 e. The minimum atomic E-state index is 0.0619. The van der Waals surface area contributed by atoms with Gasteiger partial charge >= 0.3 is 0 Å². The maximum absolute atomic E-state index is 11.7. The van der Waals surface area contributed by atoms with E-state index in [4.69, 9.17) is 4.42 Å². The van der Waals surface area contributed by atoms with Crippen molar-refractivity contribution in [1.29, 1.82) is 0 Å². The van der Waals surface area contributed by atoms with Crippen LogP contribution in [-0.2, 0) is 11.3 Å². The molecule has 1 saturated carbocycles. The van der Waals surface area contributed by atoms with Crippen molar-refractivity contribution in [2.45, 2.75) is 58.5 Å². The van der Waals surface area contributed by atoms with Crippen molar-refractivity contribution in [1.82, 2.24) is 15.6 Å². The number of carbonyl (C=O) groups is 1. The first kappa shape index (κ1) is 14.1. The Balaban J connectivity index is 1.66. The number of aryl methyl sites for hydroxylation is 2. The van der Waals surface area contributed by atoms with E-state index in [0.717, 1.165) is 24.3 Å². The topological polar surface area (TPSA) is 67.2 Å². The summed E-state index contributed by atoms with van der Waals surface area (Å²) in [5, 5.41) is 6.13. The zero-order chi connectivity index (χ0) is 13.7. The summed E-state index contributed by atoms with van der Waals surface area (Å²) in [5.74, 6) is 1.54. The molecule has 1 heterocycles. The molecule has 19 heavy (non-hydrogen) atoms. The lowest BCUT2D eigenvalue weighted by molar-refractivity contribution is -0.121. The molecule has 1 fully saturated rings. The van der Waals surface area contributed by atoms with Gasteiger partial charge in [-0.3, -0.25) is 10.1 Å². The van der Waals surface area contributed by atoms with Gasteiger partial charge < -0.3 is 9.73 Å². The van der Waals surface area contributed by atoms with E-state index in [1.807, 2.05) is 13.8 Å². The predicted molar refractivity (Wildman–Crippen MR) is 72.7 cm³/mol. The molecule has 0 spiro atoms. The summed E-state index contributed by atoms with van der Waals surface area (Å²) in [6.45, 7) is 4.61. The monoisotopic (exact) mass is 265 g/mol. The molecule has 2 rings (SSSR count). The first-order chi connectivity index (χ1) is 9.15.